The van der Waals surface area contributed by atoms with E-state index in [0.29, 0.717) is 0 Å². The molecular formula is C22H28N4O. The number of carbonyl (C=O) groups excluding carboxylic acids is 1. The van der Waals surface area contributed by atoms with Crippen molar-refractivity contribution in [1.29, 1.82) is 0 Å². The molecule has 27 heavy (non-hydrogen) atoms. The molecule has 1 atom stereocenters. The quantitative estimate of drug-likeness (QED) is 0.730. The number of benzene rings is 1. The number of imidazole rings is 1. The summed E-state index contributed by atoms with van der Waals surface area (Å²) >= 11 is 0. The summed E-state index contributed by atoms with van der Waals surface area (Å²) < 4.78 is 2.10. The molecule has 0 bridgehead atoms. The second-order valence-electron chi connectivity index (χ2n) is 8.66. The Labute approximate surface area is 160 Å². The van der Waals surface area contributed by atoms with Crippen molar-refractivity contribution in [3.8, 4) is 0 Å². The van der Waals surface area contributed by atoms with Crippen LogP contribution in [-0.2, 0) is 5.54 Å². The van der Waals surface area contributed by atoms with Gasteiger partial charge >= 0.3 is 0 Å². The molecule has 1 aliphatic heterocycles. The predicted octanol–water partition coefficient (Wildman–Crippen LogP) is 4.45. The Bertz CT molecular complexity index is 976. The minimum atomic E-state index is -0.0188. The van der Waals surface area contributed by atoms with Gasteiger partial charge in [0.05, 0.1) is 16.6 Å². The average Bonchev–Trinajstić information content (AvgIpc) is 3.29. The van der Waals surface area contributed by atoms with Gasteiger partial charge in [-0.2, -0.15) is 0 Å². The van der Waals surface area contributed by atoms with Gasteiger partial charge in [0, 0.05) is 36.9 Å². The van der Waals surface area contributed by atoms with Gasteiger partial charge in [-0.15, -0.1) is 0 Å². The summed E-state index contributed by atoms with van der Waals surface area (Å²) in [6, 6.07) is 8.14. The molecule has 0 spiro atoms. The Morgan fingerprint density at radius 1 is 1.26 bits per heavy atom. The summed E-state index contributed by atoms with van der Waals surface area (Å²) in [7, 11) is 0. The Morgan fingerprint density at radius 2 is 2.07 bits per heavy atom. The van der Waals surface area contributed by atoms with Gasteiger partial charge in [0.1, 0.15) is 5.82 Å². The van der Waals surface area contributed by atoms with Crippen molar-refractivity contribution in [1.82, 2.24) is 19.4 Å². The van der Waals surface area contributed by atoms with Crippen LogP contribution in [0.25, 0.3) is 11.0 Å². The van der Waals surface area contributed by atoms with E-state index < -0.39 is 0 Å². The third-order valence-corrected chi connectivity index (χ3v) is 5.54. The average molecular weight is 364 g/mol. The lowest BCUT2D eigenvalue weighted by atomic mass is 9.97. The molecule has 1 fully saturated rings. The number of likely N-dealkylation sites (tertiary alicyclic amines) is 1. The van der Waals surface area contributed by atoms with Crippen molar-refractivity contribution in [3.63, 3.8) is 0 Å². The zero-order valence-electron chi connectivity index (χ0n) is 16.6. The zero-order valence-corrected chi connectivity index (χ0v) is 16.6. The lowest BCUT2D eigenvalue weighted by Gasteiger charge is -2.31. The molecule has 0 radical (unpaired) electrons. The highest BCUT2D eigenvalue weighted by atomic mass is 16.2. The molecule has 1 saturated heterocycles. The van der Waals surface area contributed by atoms with Gasteiger partial charge in [0.15, 0.2) is 0 Å². The van der Waals surface area contributed by atoms with Gasteiger partial charge in [-0.25, -0.2) is 4.98 Å². The van der Waals surface area contributed by atoms with E-state index in [2.05, 4.69) is 55.4 Å². The number of nitrogens with one attached hydrogen (secondary N) is 1. The Hall–Kier alpha value is -2.56. The predicted molar refractivity (Wildman–Crippen MR) is 108 cm³/mol. The third-order valence-electron chi connectivity index (χ3n) is 5.54. The molecule has 0 aliphatic carbocycles. The molecule has 3 heterocycles. The van der Waals surface area contributed by atoms with E-state index >= 15 is 0 Å². The molecule has 3 aromatic rings. The fourth-order valence-electron chi connectivity index (χ4n) is 3.90. The first-order chi connectivity index (χ1) is 12.8. The molecule has 1 aromatic carbocycles. The second kappa shape index (κ2) is 6.55. The maximum absolute atomic E-state index is 13.0. The normalized spacial score (nSPS) is 18.2. The van der Waals surface area contributed by atoms with E-state index in [0.717, 1.165) is 48.4 Å². The monoisotopic (exact) mass is 364 g/mol. The molecule has 1 amide bonds. The number of carbonyl (C=O) groups is 1. The lowest BCUT2D eigenvalue weighted by Crippen LogP contribution is -2.39. The summed E-state index contributed by atoms with van der Waals surface area (Å²) in [5, 5.41) is 0. The lowest BCUT2D eigenvalue weighted by molar-refractivity contribution is 0.0704. The standard InChI is InChI=1S/C22H28N4O/c1-15-7-5-9-18-19(15)24-20(23-18)16-8-6-11-25(13-16)21(27)17-10-12-26(14-17)22(2,3)4/h5,7,9-10,12,14,16H,6,8,11,13H2,1-4H3,(H,23,24). The first-order valence-corrected chi connectivity index (χ1v) is 9.76. The maximum atomic E-state index is 13.0. The molecule has 1 unspecified atom stereocenters. The van der Waals surface area contributed by atoms with Crippen molar-refractivity contribution in [2.45, 2.75) is 52.0 Å². The molecule has 1 N–H and O–H groups in total. The number of aryl methyl sites for hydroxylation is 1. The van der Waals surface area contributed by atoms with E-state index in [-0.39, 0.29) is 17.4 Å². The van der Waals surface area contributed by atoms with Crippen molar-refractivity contribution in [2.24, 2.45) is 0 Å². The minimum absolute atomic E-state index is 0.0188. The van der Waals surface area contributed by atoms with Gasteiger partial charge < -0.3 is 14.5 Å². The fraction of sp³-hybridized carbons (Fsp3) is 0.455. The zero-order chi connectivity index (χ0) is 19.2. The van der Waals surface area contributed by atoms with Crippen LogP contribution in [0.3, 0.4) is 0 Å². The van der Waals surface area contributed by atoms with Crippen molar-refractivity contribution in [3.05, 3.63) is 53.6 Å². The van der Waals surface area contributed by atoms with Crippen molar-refractivity contribution in [2.75, 3.05) is 13.1 Å². The molecule has 2 aromatic heterocycles. The van der Waals surface area contributed by atoms with E-state index in [1.54, 1.807) is 0 Å². The molecule has 0 saturated carbocycles. The highest BCUT2D eigenvalue weighted by Crippen LogP contribution is 2.28. The number of amides is 1. The molecule has 1 aliphatic rings. The Balaban J connectivity index is 1.54. The van der Waals surface area contributed by atoms with Crippen LogP contribution in [0.4, 0.5) is 0 Å². The SMILES string of the molecule is Cc1cccc2[nH]c(C3CCCN(C(=O)c4ccn(C(C)(C)C)c4)C3)nc12. The number of nitrogens with zero attached hydrogens (tertiary/aromatic N) is 3. The van der Waals surface area contributed by atoms with E-state index in [4.69, 9.17) is 4.98 Å². The number of H-pyrrole nitrogens is 1. The van der Waals surface area contributed by atoms with Gasteiger partial charge in [-0.3, -0.25) is 4.79 Å². The second-order valence-corrected chi connectivity index (χ2v) is 8.66. The number of aromatic nitrogens is 3. The highest BCUT2D eigenvalue weighted by Gasteiger charge is 2.28. The molecular weight excluding hydrogens is 336 g/mol. The number of fused-ring (bicyclic) bond motifs is 1. The van der Waals surface area contributed by atoms with Crippen LogP contribution in [0.15, 0.2) is 36.7 Å². The van der Waals surface area contributed by atoms with Crippen molar-refractivity contribution < 1.29 is 4.79 Å². The van der Waals surface area contributed by atoms with E-state index in [1.807, 2.05) is 23.4 Å². The topological polar surface area (TPSA) is 53.9 Å². The number of rotatable bonds is 2. The van der Waals surface area contributed by atoms with Gasteiger partial charge in [0.25, 0.3) is 5.91 Å². The molecule has 5 heteroatoms. The third kappa shape index (κ3) is 3.38. The number of hydrogen-bond acceptors (Lipinski definition) is 2. The Kier molecular flexibility index (Phi) is 4.33. The molecule has 5 nitrogen and oxygen atoms in total. The summed E-state index contributed by atoms with van der Waals surface area (Å²) in [4.78, 5) is 23.3. The molecule has 142 valence electrons. The number of hydrogen-bond donors (Lipinski definition) is 1. The first-order valence-electron chi connectivity index (χ1n) is 9.76. The first kappa shape index (κ1) is 17.8. The smallest absolute Gasteiger partial charge is 0.255 e. The Morgan fingerprint density at radius 3 is 2.78 bits per heavy atom. The van der Waals surface area contributed by atoms with Crippen LogP contribution in [0.1, 0.15) is 61.3 Å². The fourth-order valence-corrected chi connectivity index (χ4v) is 3.90. The van der Waals surface area contributed by atoms with Gasteiger partial charge in [0.2, 0.25) is 0 Å². The number of para-hydroxylation sites is 1. The summed E-state index contributed by atoms with van der Waals surface area (Å²) in [5.74, 6) is 1.39. The van der Waals surface area contributed by atoms with Gasteiger partial charge in [-0.05, 0) is 58.2 Å². The summed E-state index contributed by atoms with van der Waals surface area (Å²) in [6.07, 6.45) is 6.03. The van der Waals surface area contributed by atoms with Gasteiger partial charge in [-0.1, -0.05) is 12.1 Å². The van der Waals surface area contributed by atoms with Crippen LogP contribution in [0, 0.1) is 6.92 Å². The highest BCUT2D eigenvalue weighted by molar-refractivity contribution is 5.94. The van der Waals surface area contributed by atoms with Crippen LogP contribution in [0.5, 0.6) is 0 Å². The summed E-state index contributed by atoms with van der Waals surface area (Å²) in [5.41, 5.74) is 4.05. The van der Waals surface area contributed by atoms with Crippen molar-refractivity contribution >= 4 is 16.9 Å². The van der Waals surface area contributed by atoms with Crippen LogP contribution >= 0.6 is 0 Å². The number of aromatic amines is 1. The van der Waals surface area contributed by atoms with E-state index in [1.165, 1.54) is 5.56 Å². The largest absolute Gasteiger partial charge is 0.348 e. The van der Waals surface area contributed by atoms with E-state index in [9.17, 15) is 4.79 Å². The number of piperidine rings is 1. The van der Waals surface area contributed by atoms with Crippen LogP contribution in [-0.4, -0.2) is 38.4 Å². The van der Waals surface area contributed by atoms with Crippen LogP contribution in [0.2, 0.25) is 0 Å². The molecule has 4 rings (SSSR count). The maximum Gasteiger partial charge on any atom is 0.255 e. The summed E-state index contributed by atoms with van der Waals surface area (Å²) in [6.45, 7) is 10.0. The minimum Gasteiger partial charge on any atom is -0.348 e. The van der Waals surface area contributed by atoms with Crippen LogP contribution < -0.4 is 0 Å².